The van der Waals surface area contributed by atoms with Crippen molar-refractivity contribution in [3.8, 4) is 0 Å². The van der Waals surface area contributed by atoms with E-state index in [1.165, 1.54) is 16.2 Å². The summed E-state index contributed by atoms with van der Waals surface area (Å²) in [6.45, 7) is 5.92. The van der Waals surface area contributed by atoms with E-state index in [0.29, 0.717) is 19.3 Å². The molecule has 0 radical (unpaired) electrons. The first kappa shape index (κ1) is 17.9. The van der Waals surface area contributed by atoms with Crippen molar-refractivity contribution in [3.05, 3.63) is 28.5 Å². The van der Waals surface area contributed by atoms with Gasteiger partial charge < -0.3 is 5.32 Å². The quantitative estimate of drug-likeness (QED) is 0.647. The molecule has 0 bridgehead atoms. The number of hydrogen-bond donors (Lipinski definition) is 1. The Kier molecular flexibility index (Phi) is 5.08. The molecule has 0 aromatic carbocycles. The van der Waals surface area contributed by atoms with Crippen LogP contribution < -0.4 is 5.32 Å². The van der Waals surface area contributed by atoms with Crippen molar-refractivity contribution in [1.29, 1.82) is 0 Å². The van der Waals surface area contributed by atoms with Crippen molar-refractivity contribution < 1.29 is 14.4 Å². The first-order valence-corrected chi connectivity index (χ1v) is 9.70. The molecule has 5 nitrogen and oxygen atoms in total. The van der Waals surface area contributed by atoms with Crippen LogP contribution in [0.4, 0.5) is 5.69 Å². The summed E-state index contributed by atoms with van der Waals surface area (Å²) in [7, 11) is 0. The molecule has 25 heavy (non-hydrogen) atoms. The Bertz CT molecular complexity index is 696. The van der Waals surface area contributed by atoms with Gasteiger partial charge in [0.2, 0.25) is 17.7 Å². The SMILES string of the molecule is Cc1cscc1NC(=O)C(CC(C)C)N1C(=O)C2CC=CCC2C1=O. The van der Waals surface area contributed by atoms with Crippen molar-refractivity contribution in [2.45, 2.75) is 46.1 Å². The van der Waals surface area contributed by atoms with Crippen LogP contribution in [0.15, 0.2) is 22.9 Å². The lowest BCUT2D eigenvalue weighted by Gasteiger charge is -2.27. The predicted octanol–water partition coefficient (Wildman–Crippen LogP) is 3.36. The third kappa shape index (κ3) is 3.40. The van der Waals surface area contributed by atoms with E-state index < -0.39 is 6.04 Å². The highest BCUT2D eigenvalue weighted by Crippen LogP contribution is 2.37. The maximum atomic E-state index is 12.9. The topological polar surface area (TPSA) is 66.5 Å². The molecule has 6 heteroatoms. The lowest BCUT2D eigenvalue weighted by molar-refractivity contribution is -0.147. The summed E-state index contributed by atoms with van der Waals surface area (Å²) < 4.78 is 0. The Labute approximate surface area is 152 Å². The summed E-state index contributed by atoms with van der Waals surface area (Å²) in [5.41, 5.74) is 1.74. The molecular weight excluding hydrogens is 336 g/mol. The summed E-state index contributed by atoms with van der Waals surface area (Å²) in [5, 5.41) is 6.73. The van der Waals surface area contributed by atoms with Crippen LogP contribution in [-0.4, -0.2) is 28.7 Å². The second-order valence-electron chi connectivity index (χ2n) is 7.31. The van der Waals surface area contributed by atoms with Crippen LogP contribution >= 0.6 is 11.3 Å². The molecule has 134 valence electrons. The average molecular weight is 360 g/mol. The largest absolute Gasteiger partial charge is 0.323 e. The highest BCUT2D eigenvalue weighted by molar-refractivity contribution is 7.08. The smallest absolute Gasteiger partial charge is 0.247 e. The molecule has 3 atom stereocenters. The monoisotopic (exact) mass is 360 g/mol. The van der Waals surface area contributed by atoms with Crippen molar-refractivity contribution in [1.82, 2.24) is 4.90 Å². The molecule has 1 aromatic rings. The van der Waals surface area contributed by atoms with E-state index in [1.54, 1.807) is 0 Å². The Balaban J connectivity index is 1.85. The van der Waals surface area contributed by atoms with Crippen LogP contribution in [0.3, 0.4) is 0 Å². The molecule has 1 aromatic heterocycles. The maximum Gasteiger partial charge on any atom is 0.247 e. The normalized spacial score (nSPS) is 23.9. The summed E-state index contributed by atoms with van der Waals surface area (Å²) in [6, 6.07) is -0.745. The number of carbonyl (C=O) groups excluding carboxylic acids is 3. The number of fused-ring (bicyclic) bond motifs is 1. The Morgan fingerprint density at radius 2 is 1.80 bits per heavy atom. The number of allylic oxidation sites excluding steroid dienone is 2. The van der Waals surface area contributed by atoms with Gasteiger partial charge in [-0.05, 0) is 43.0 Å². The number of nitrogens with zero attached hydrogens (tertiary/aromatic N) is 1. The van der Waals surface area contributed by atoms with Gasteiger partial charge in [0, 0.05) is 5.38 Å². The van der Waals surface area contributed by atoms with E-state index in [4.69, 9.17) is 0 Å². The lowest BCUT2D eigenvalue weighted by atomic mass is 9.85. The van der Waals surface area contributed by atoms with Gasteiger partial charge >= 0.3 is 0 Å². The van der Waals surface area contributed by atoms with E-state index in [1.807, 2.05) is 43.7 Å². The Morgan fingerprint density at radius 1 is 1.20 bits per heavy atom. The van der Waals surface area contributed by atoms with E-state index in [-0.39, 0.29) is 35.5 Å². The second-order valence-corrected chi connectivity index (χ2v) is 8.05. The molecule has 3 unspecified atom stereocenters. The molecule has 3 rings (SSSR count). The van der Waals surface area contributed by atoms with Gasteiger partial charge in [-0.2, -0.15) is 0 Å². The van der Waals surface area contributed by atoms with Crippen LogP contribution in [-0.2, 0) is 14.4 Å². The van der Waals surface area contributed by atoms with Gasteiger partial charge in [-0.25, -0.2) is 0 Å². The third-order valence-electron chi connectivity index (χ3n) is 4.96. The minimum atomic E-state index is -0.745. The molecule has 1 N–H and O–H groups in total. The molecule has 1 fully saturated rings. The fraction of sp³-hybridized carbons (Fsp3) is 0.526. The Morgan fingerprint density at radius 3 is 2.28 bits per heavy atom. The summed E-state index contributed by atoms with van der Waals surface area (Å²) in [4.78, 5) is 39.8. The second kappa shape index (κ2) is 7.12. The van der Waals surface area contributed by atoms with Crippen LogP contribution in [0.2, 0.25) is 0 Å². The lowest BCUT2D eigenvalue weighted by Crippen LogP contribution is -2.48. The molecule has 3 amide bonds. The third-order valence-corrected chi connectivity index (χ3v) is 5.83. The average Bonchev–Trinajstić information content (AvgIpc) is 3.08. The van der Waals surface area contributed by atoms with Crippen molar-refractivity contribution in [3.63, 3.8) is 0 Å². The molecular formula is C19H24N2O3S. The van der Waals surface area contributed by atoms with Gasteiger partial charge in [-0.3, -0.25) is 19.3 Å². The number of carbonyl (C=O) groups is 3. The van der Waals surface area contributed by atoms with Gasteiger partial charge in [0.05, 0.1) is 17.5 Å². The molecule has 0 saturated carbocycles. The molecule has 1 saturated heterocycles. The molecule has 2 heterocycles. The van der Waals surface area contributed by atoms with Crippen molar-refractivity contribution in [2.24, 2.45) is 17.8 Å². The number of amides is 3. The first-order valence-electron chi connectivity index (χ1n) is 8.75. The van der Waals surface area contributed by atoms with Gasteiger partial charge in [0.25, 0.3) is 0 Å². The predicted molar refractivity (Wildman–Crippen MR) is 98.1 cm³/mol. The number of likely N-dealkylation sites (tertiary alicyclic amines) is 1. The number of hydrogen-bond acceptors (Lipinski definition) is 4. The summed E-state index contributed by atoms with van der Waals surface area (Å²) in [6.07, 6.45) is 5.57. The molecule has 2 aliphatic rings. The number of thiophene rings is 1. The number of imide groups is 1. The fourth-order valence-corrected chi connectivity index (χ4v) is 4.39. The molecule has 1 aliphatic carbocycles. The van der Waals surface area contributed by atoms with Gasteiger partial charge in [0.1, 0.15) is 6.04 Å². The van der Waals surface area contributed by atoms with Gasteiger partial charge in [0.15, 0.2) is 0 Å². The number of nitrogens with one attached hydrogen (secondary N) is 1. The van der Waals surface area contributed by atoms with E-state index >= 15 is 0 Å². The van der Waals surface area contributed by atoms with Crippen LogP contribution in [0.25, 0.3) is 0 Å². The zero-order valence-electron chi connectivity index (χ0n) is 14.8. The number of rotatable bonds is 5. The number of aryl methyl sites for hydroxylation is 1. The minimum absolute atomic E-state index is 0.192. The summed E-state index contributed by atoms with van der Waals surface area (Å²) >= 11 is 1.51. The summed E-state index contributed by atoms with van der Waals surface area (Å²) in [5.74, 6) is -1.07. The zero-order valence-corrected chi connectivity index (χ0v) is 15.6. The Hall–Kier alpha value is -1.95. The first-order chi connectivity index (χ1) is 11.9. The van der Waals surface area contributed by atoms with Crippen molar-refractivity contribution >= 4 is 34.7 Å². The van der Waals surface area contributed by atoms with E-state index in [9.17, 15) is 14.4 Å². The number of anilines is 1. The van der Waals surface area contributed by atoms with Gasteiger partial charge in [-0.1, -0.05) is 26.0 Å². The highest BCUT2D eigenvalue weighted by Gasteiger charge is 2.51. The van der Waals surface area contributed by atoms with Crippen LogP contribution in [0, 0.1) is 24.7 Å². The van der Waals surface area contributed by atoms with Gasteiger partial charge in [-0.15, -0.1) is 11.3 Å². The zero-order chi connectivity index (χ0) is 18.1. The maximum absolute atomic E-state index is 12.9. The highest BCUT2D eigenvalue weighted by atomic mass is 32.1. The fourth-order valence-electron chi connectivity index (χ4n) is 3.61. The van der Waals surface area contributed by atoms with Crippen LogP contribution in [0.5, 0.6) is 0 Å². The van der Waals surface area contributed by atoms with Crippen LogP contribution in [0.1, 0.15) is 38.7 Å². The van der Waals surface area contributed by atoms with E-state index in [0.717, 1.165) is 11.3 Å². The minimum Gasteiger partial charge on any atom is -0.323 e. The molecule has 0 spiro atoms. The van der Waals surface area contributed by atoms with E-state index in [2.05, 4.69) is 5.32 Å². The van der Waals surface area contributed by atoms with Crippen molar-refractivity contribution in [2.75, 3.05) is 5.32 Å². The standard InChI is InChI=1S/C19H24N2O3S/c1-11(2)8-16(17(22)20-15-10-25-9-12(15)3)21-18(23)13-6-4-5-7-14(13)19(21)24/h4-5,9-11,13-14,16H,6-8H2,1-3H3,(H,20,22). The molecule has 1 aliphatic heterocycles.